The fraction of sp³-hybridized carbons (Fsp3) is 0.588. The molecule has 1 aliphatic heterocycles. The Bertz CT molecular complexity index is 710. The topological polar surface area (TPSA) is 81.7 Å². The second kappa shape index (κ2) is 7.01. The Hall–Kier alpha value is -1.76. The van der Waals surface area contributed by atoms with Crippen LogP contribution in [-0.4, -0.2) is 33.3 Å². The van der Waals surface area contributed by atoms with Crippen LogP contribution >= 0.6 is 0 Å². The molecule has 0 spiro atoms. The normalized spacial score (nSPS) is 21.5. The summed E-state index contributed by atoms with van der Waals surface area (Å²) in [6, 6.07) is 5.44. The van der Waals surface area contributed by atoms with Crippen molar-refractivity contribution in [1.82, 2.24) is 4.72 Å². The molecule has 6 nitrogen and oxygen atoms in total. The number of carbonyl (C=O) groups excluding carboxylic acids is 1. The number of nitrogens with one attached hydrogen (secondary N) is 1. The Kier molecular flexibility index (Phi) is 4.99. The second-order valence-electron chi connectivity index (χ2n) is 6.46. The van der Waals surface area contributed by atoms with E-state index >= 15 is 0 Å². The highest BCUT2D eigenvalue weighted by molar-refractivity contribution is 7.90. The van der Waals surface area contributed by atoms with Crippen LogP contribution in [0.5, 0.6) is 11.5 Å². The van der Waals surface area contributed by atoms with Crippen molar-refractivity contribution in [3.8, 4) is 11.5 Å². The van der Waals surface area contributed by atoms with Gasteiger partial charge in [0, 0.05) is 6.07 Å². The van der Waals surface area contributed by atoms with Crippen LogP contribution in [0.4, 0.5) is 0 Å². The fourth-order valence-corrected chi connectivity index (χ4v) is 4.90. The molecule has 1 amide bonds. The van der Waals surface area contributed by atoms with Crippen LogP contribution in [0.3, 0.4) is 0 Å². The van der Waals surface area contributed by atoms with Gasteiger partial charge in [-0.3, -0.25) is 9.52 Å². The molecule has 0 radical (unpaired) electrons. The van der Waals surface area contributed by atoms with Crippen LogP contribution in [-0.2, 0) is 21.2 Å². The van der Waals surface area contributed by atoms with Crippen molar-refractivity contribution in [1.29, 1.82) is 0 Å². The summed E-state index contributed by atoms with van der Waals surface area (Å²) in [5.41, 5.74) is 0.886. The molecule has 1 fully saturated rings. The quantitative estimate of drug-likeness (QED) is 0.896. The van der Waals surface area contributed by atoms with Gasteiger partial charge in [-0.1, -0.05) is 25.3 Å². The van der Waals surface area contributed by atoms with Crippen molar-refractivity contribution in [3.63, 3.8) is 0 Å². The van der Waals surface area contributed by atoms with Crippen LogP contribution in [0.15, 0.2) is 18.2 Å². The number of amides is 1. The SMILES string of the molecule is COc1ccc2c(c1)OCC(C(=O)NS(=O)(=O)C1CCCCC1)C2. The molecule has 1 heterocycles. The number of hydrogen-bond acceptors (Lipinski definition) is 5. The van der Waals surface area contributed by atoms with Crippen molar-refractivity contribution in [2.45, 2.75) is 43.8 Å². The van der Waals surface area contributed by atoms with Crippen molar-refractivity contribution < 1.29 is 22.7 Å². The molecule has 1 unspecified atom stereocenters. The number of benzene rings is 1. The lowest BCUT2D eigenvalue weighted by Crippen LogP contribution is -2.44. The largest absolute Gasteiger partial charge is 0.497 e. The fourth-order valence-electron chi connectivity index (χ4n) is 3.33. The summed E-state index contributed by atoms with van der Waals surface area (Å²) in [6.45, 7) is 0.173. The highest BCUT2D eigenvalue weighted by atomic mass is 32.2. The lowest BCUT2D eigenvalue weighted by atomic mass is 9.96. The van der Waals surface area contributed by atoms with E-state index in [0.29, 0.717) is 30.8 Å². The maximum atomic E-state index is 12.4. The van der Waals surface area contributed by atoms with E-state index < -0.39 is 27.1 Å². The Labute approximate surface area is 142 Å². The van der Waals surface area contributed by atoms with Crippen LogP contribution in [0, 0.1) is 5.92 Å². The monoisotopic (exact) mass is 353 g/mol. The molecule has 1 aromatic carbocycles. The first-order valence-corrected chi connectivity index (χ1v) is 9.89. The van der Waals surface area contributed by atoms with Gasteiger partial charge in [0.05, 0.1) is 18.3 Å². The van der Waals surface area contributed by atoms with Gasteiger partial charge in [0.15, 0.2) is 0 Å². The number of fused-ring (bicyclic) bond motifs is 1. The Morgan fingerprint density at radius 2 is 2.00 bits per heavy atom. The van der Waals surface area contributed by atoms with E-state index in [1.54, 1.807) is 19.2 Å². The first kappa shape index (κ1) is 17.1. The molecule has 0 aromatic heterocycles. The van der Waals surface area contributed by atoms with E-state index in [9.17, 15) is 13.2 Å². The minimum absolute atomic E-state index is 0.173. The maximum Gasteiger partial charge on any atom is 0.240 e. The minimum Gasteiger partial charge on any atom is -0.497 e. The van der Waals surface area contributed by atoms with E-state index in [2.05, 4.69) is 4.72 Å². The zero-order chi connectivity index (χ0) is 17.2. The van der Waals surface area contributed by atoms with Crippen LogP contribution in [0.25, 0.3) is 0 Å². The summed E-state index contributed by atoms with van der Waals surface area (Å²) in [6.07, 6.45) is 4.60. The van der Waals surface area contributed by atoms with E-state index in [-0.39, 0.29) is 6.61 Å². The van der Waals surface area contributed by atoms with E-state index in [1.807, 2.05) is 6.07 Å². The predicted molar refractivity (Wildman–Crippen MR) is 89.6 cm³/mol. The third-order valence-corrected chi connectivity index (χ3v) is 6.62. The zero-order valence-corrected chi connectivity index (χ0v) is 14.6. The third-order valence-electron chi connectivity index (χ3n) is 4.79. The molecule has 1 saturated carbocycles. The molecular weight excluding hydrogens is 330 g/mol. The predicted octanol–water partition coefficient (Wildman–Crippen LogP) is 2.02. The lowest BCUT2D eigenvalue weighted by Gasteiger charge is -2.26. The molecule has 132 valence electrons. The molecule has 1 N–H and O–H groups in total. The molecule has 24 heavy (non-hydrogen) atoms. The second-order valence-corrected chi connectivity index (χ2v) is 8.42. The number of sulfonamides is 1. The number of ether oxygens (including phenoxy) is 2. The number of methoxy groups -OCH3 is 1. The van der Waals surface area contributed by atoms with Gasteiger partial charge >= 0.3 is 0 Å². The van der Waals surface area contributed by atoms with Gasteiger partial charge in [-0.05, 0) is 30.9 Å². The lowest BCUT2D eigenvalue weighted by molar-refractivity contribution is -0.124. The third kappa shape index (κ3) is 3.66. The molecular formula is C17H23NO5S. The van der Waals surface area contributed by atoms with Crippen molar-refractivity contribution in [2.75, 3.05) is 13.7 Å². The zero-order valence-electron chi connectivity index (χ0n) is 13.8. The Morgan fingerprint density at radius 1 is 1.25 bits per heavy atom. The summed E-state index contributed by atoms with van der Waals surface area (Å²) in [5, 5.41) is -0.448. The summed E-state index contributed by atoms with van der Waals surface area (Å²) in [4.78, 5) is 12.4. The molecule has 1 aromatic rings. The van der Waals surface area contributed by atoms with Crippen molar-refractivity contribution in [3.05, 3.63) is 23.8 Å². The van der Waals surface area contributed by atoms with Crippen molar-refractivity contribution in [2.24, 2.45) is 5.92 Å². The van der Waals surface area contributed by atoms with E-state index in [4.69, 9.17) is 9.47 Å². The standard InChI is InChI=1S/C17H23NO5S/c1-22-14-8-7-12-9-13(11-23-16(12)10-14)17(19)18-24(20,21)15-5-3-2-4-6-15/h7-8,10,13,15H,2-6,9,11H2,1H3,(H,18,19). The Morgan fingerprint density at radius 3 is 2.71 bits per heavy atom. The van der Waals surface area contributed by atoms with Gasteiger partial charge in [-0.25, -0.2) is 8.42 Å². The minimum atomic E-state index is -3.60. The number of rotatable bonds is 4. The molecule has 0 bridgehead atoms. The molecule has 2 aliphatic rings. The van der Waals surface area contributed by atoms with Gasteiger partial charge < -0.3 is 9.47 Å². The average Bonchev–Trinajstić information content (AvgIpc) is 2.61. The summed E-state index contributed by atoms with van der Waals surface area (Å²) in [7, 11) is -2.01. The summed E-state index contributed by atoms with van der Waals surface area (Å²) >= 11 is 0. The molecule has 1 aliphatic carbocycles. The first-order chi connectivity index (χ1) is 11.5. The van der Waals surface area contributed by atoms with Gasteiger partial charge in [0.2, 0.25) is 15.9 Å². The van der Waals surface area contributed by atoms with E-state index in [0.717, 1.165) is 24.8 Å². The molecule has 3 rings (SSSR count). The average molecular weight is 353 g/mol. The molecule has 7 heteroatoms. The highest BCUT2D eigenvalue weighted by Gasteiger charge is 2.33. The van der Waals surface area contributed by atoms with E-state index in [1.165, 1.54) is 0 Å². The first-order valence-electron chi connectivity index (χ1n) is 8.35. The highest BCUT2D eigenvalue weighted by Crippen LogP contribution is 2.31. The number of carbonyl (C=O) groups is 1. The summed E-state index contributed by atoms with van der Waals surface area (Å²) < 4.78 is 37.8. The number of hydrogen-bond donors (Lipinski definition) is 1. The van der Waals surface area contributed by atoms with Gasteiger partial charge in [-0.2, -0.15) is 0 Å². The Balaban J connectivity index is 1.65. The van der Waals surface area contributed by atoms with Gasteiger partial charge in [-0.15, -0.1) is 0 Å². The summed E-state index contributed by atoms with van der Waals surface area (Å²) in [5.74, 6) is 0.413. The molecule has 1 atom stereocenters. The van der Waals surface area contributed by atoms with Crippen molar-refractivity contribution >= 4 is 15.9 Å². The van der Waals surface area contributed by atoms with Crippen LogP contribution < -0.4 is 14.2 Å². The maximum absolute atomic E-state index is 12.4. The molecule has 0 saturated heterocycles. The van der Waals surface area contributed by atoms with Gasteiger partial charge in [0.25, 0.3) is 0 Å². The van der Waals surface area contributed by atoms with Crippen LogP contribution in [0.1, 0.15) is 37.7 Å². The smallest absolute Gasteiger partial charge is 0.240 e. The van der Waals surface area contributed by atoms with Crippen LogP contribution in [0.2, 0.25) is 0 Å². The van der Waals surface area contributed by atoms with Gasteiger partial charge in [0.1, 0.15) is 18.1 Å².